The van der Waals surface area contributed by atoms with E-state index in [0.717, 1.165) is 18.2 Å². The van der Waals surface area contributed by atoms with Gasteiger partial charge in [-0.25, -0.2) is 14.8 Å². The van der Waals surface area contributed by atoms with Crippen LogP contribution in [-0.4, -0.2) is 75.7 Å². The number of carbonyl (C=O) groups is 3. The van der Waals surface area contributed by atoms with E-state index in [9.17, 15) is 32.3 Å². The molecule has 2 fully saturated rings. The lowest BCUT2D eigenvalue weighted by Crippen LogP contribution is -2.51. The maximum atomic E-state index is 14.2. The average molecular weight is 678 g/mol. The molecular weight excluding hydrogens is 643 g/mol. The molecule has 0 aliphatic carbocycles. The number of nitrogens with one attached hydrogen (secondary N) is 1. The second-order valence-electron chi connectivity index (χ2n) is 12.3. The van der Waals surface area contributed by atoms with Crippen molar-refractivity contribution in [1.29, 1.82) is 0 Å². The average Bonchev–Trinajstić information content (AvgIpc) is 3.43. The van der Waals surface area contributed by atoms with Crippen LogP contribution in [0.4, 0.5) is 35.2 Å². The number of halogens is 4. The lowest BCUT2D eigenvalue weighted by atomic mass is 10.1. The van der Waals surface area contributed by atoms with Gasteiger partial charge in [-0.05, 0) is 51.8 Å². The van der Waals surface area contributed by atoms with E-state index >= 15 is 0 Å². The van der Waals surface area contributed by atoms with Crippen LogP contribution in [0.3, 0.4) is 0 Å². The van der Waals surface area contributed by atoms with E-state index in [1.807, 2.05) is 11.8 Å². The number of carbonyl (C=O) groups excluding carboxylic acids is 3. The third-order valence-electron chi connectivity index (χ3n) is 7.83. The molecule has 2 aromatic heterocycles. The van der Waals surface area contributed by atoms with Crippen LogP contribution in [0.25, 0.3) is 11.2 Å². The van der Waals surface area contributed by atoms with Gasteiger partial charge < -0.3 is 24.4 Å². The number of aromatic nitrogens is 3. The van der Waals surface area contributed by atoms with Gasteiger partial charge in [0.25, 0.3) is 0 Å². The van der Waals surface area contributed by atoms with Gasteiger partial charge in [0, 0.05) is 44.8 Å². The predicted molar refractivity (Wildman–Crippen MR) is 170 cm³/mol. The van der Waals surface area contributed by atoms with Gasteiger partial charge in [-0.1, -0.05) is 18.5 Å². The number of amides is 3. The minimum absolute atomic E-state index is 0.0209. The van der Waals surface area contributed by atoms with Crippen LogP contribution in [0.1, 0.15) is 51.8 Å². The summed E-state index contributed by atoms with van der Waals surface area (Å²) in [5.74, 6) is -0.558. The van der Waals surface area contributed by atoms with Crippen molar-refractivity contribution in [3.63, 3.8) is 0 Å². The van der Waals surface area contributed by atoms with Crippen LogP contribution in [-0.2, 0) is 33.5 Å². The van der Waals surface area contributed by atoms with Gasteiger partial charge in [-0.3, -0.25) is 19.3 Å². The zero-order valence-corrected chi connectivity index (χ0v) is 27.2. The van der Waals surface area contributed by atoms with Crippen molar-refractivity contribution in [2.45, 2.75) is 65.3 Å². The zero-order chi connectivity index (χ0) is 34.3. The third-order valence-corrected chi connectivity index (χ3v) is 8.14. The van der Waals surface area contributed by atoms with Crippen molar-refractivity contribution in [3.8, 4) is 0 Å². The topological polar surface area (TPSA) is 130 Å². The molecule has 12 nitrogen and oxygen atoms in total. The summed E-state index contributed by atoms with van der Waals surface area (Å²) in [6, 6.07) is 2.61. The first kappa shape index (κ1) is 33.9. The Morgan fingerprint density at radius 2 is 1.77 bits per heavy atom. The number of nitrogens with zero attached hydrogens (tertiary/aromatic N) is 6. The Balaban J connectivity index is 1.53. The zero-order valence-electron chi connectivity index (χ0n) is 26.4. The minimum Gasteiger partial charge on any atom is -0.444 e. The molecule has 0 saturated carbocycles. The van der Waals surface area contributed by atoms with Crippen molar-refractivity contribution >= 4 is 57.9 Å². The summed E-state index contributed by atoms with van der Waals surface area (Å²) in [5, 5.41) is 2.26. The first-order valence-corrected chi connectivity index (χ1v) is 15.6. The summed E-state index contributed by atoms with van der Waals surface area (Å²) in [4.78, 5) is 66.6. The number of hydrogen-bond acceptors (Lipinski definition) is 8. The van der Waals surface area contributed by atoms with Crippen molar-refractivity contribution in [2.24, 2.45) is 0 Å². The van der Waals surface area contributed by atoms with Crippen molar-refractivity contribution in [3.05, 3.63) is 50.9 Å². The molecule has 0 radical (unpaired) electrons. The van der Waals surface area contributed by atoms with Crippen LogP contribution in [0.5, 0.6) is 0 Å². The molecular formula is C31H35ClF3N7O5. The third kappa shape index (κ3) is 7.29. The SMILES string of the molecule is CCc1c(N2CCN(C(=O)OC(C)(C)C)CC2)c(=O)c2nc(N3CCCC3=O)cnc2n1CC(=O)Nc1ccc(C(F)(F)F)cc1Cl. The van der Waals surface area contributed by atoms with Crippen LogP contribution < -0.4 is 20.5 Å². The lowest BCUT2D eigenvalue weighted by Gasteiger charge is -2.37. The Hall–Kier alpha value is -4.40. The van der Waals surface area contributed by atoms with Crippen molar-refractivity contribution in [1.82, 2.24) is 19.4 Å². The van der Waals surface area contributed by atoms with Crippen LogP contribution in [0, 0.1) is 0 Å². The number of alkyl halides is 3. The fourth-order valence-corrected chi connectivity index (χ4v) is 5.89. The molecule has 16 heteroatoms. The predicted octanol–water partition coefficient (Wildman–Crippen LogP) is 4.85. The van der Waals surface area contributed by atoms with Crippen molar-refractivity contribution < 1.29 is 32.3 Å². The van der Waals surface area contributed by atoms with Crippen LogP contribution >= 0.6 is 11.6 Å². The fourth-order valence-electron chi connectivity index (χ4n) is 5.66. The van der Waals surface area contributed by atoms with Gasteiger partial charge in [-0.2, -0.15) is 13.2 Å². The fraction of sp³-hybridized carbons (Fsp3) is 0.484. The van der Waals surface area contributed by atoms with Gasteiger partial charge in [0.15, 0.2) is 17.0 Å². The molecule has 252 valence electrons. The van der Waals surface area contributed by atoms with E-state index in [0.29, 0.717) is 31.5 Å². The monoisotopic (exact) mass is 677 g/mol. The summed E-state index contributed by atoms with van der Waals surface area (Å²) in [7, 11) is 0. The summed E-state index contributed by atoms with van der Waals surface area (Å²) in [6.45, 7) is 8.32. The first-order chi connectivity index (χ1) is 22.1. The normalized spacial score (nSPS) is 15.8. The molecule has 47 heavy (non-hydrogen) atoms. The lowest BCUT2D eigenvalue weighted by molar-refractivity contribution is -0.137. The van der Waals surface area contributed by atoms with Gasteiger partial charge in [0.1, 0.15) is 17.8 Å². The molecule has 2 aliphatic rings. The molecule has 3 amide bonds. The molecule has 2 saturated heterocycles. The largest absolute Gasteiger partial charge is 0.444 e. The Labute approximate surface area is 273 Å². The highest BCUT2D eigenvalue weighted by atomic mass is 35.5. The second-order valence-corrected chi connectivity index (χ2v) is 12.7. The highest BCUT2D eigenvalue weighted by molar-refractivity contribution is 6.33. The standard InChI is InChI=1S/C31H35ClF3N7O5/c1-5-21-26(39-11-13-40(14-12-39)29(46)47-30(2,3)4)27(45)25-28(36-16-22(38-25)41-10-6-7-24(41)44)42(21)17-23(43)37-20-9-8-18(15-19(20)32)31(33,34)35/h8-9,15-16H,5-7,10-14,17H2,1-4H3,(H,37,43). The molecule has 0 spiro atoms. The number of hydrogen-bond donors (Lipinski definition) is 1. The molecule has 0 atom stereocenters. The quantitative estimate of drug-likeness (QED) is 0.392. The van der Waals surface area contributed by atoms with E-state index in [4.69, 9.17) is 16.3 Å². The number of rotatable bonds is 6. The van der Waals surface area contributed by atoms with E-state index < -0.39 is 34.8 Å². The molecule has 2 aliphatic heterocycles. The number of piperazine rings is 1. The smallest absolute Gasteiger partial charge is 0.416 e. The van der Waals surface area contributed by atoms with E-state index in [2.05, 4.69) is 15.3 Å². The van der Waals surface area contributed by atoms with Gasteiger partial charge in [0.2, 0.25) is 17.2 Å². The second kappa shape index (κ2) is 13.0. The minimum atomic E-state index is -4.61. The Bertz CT molecular complexity index is 1780. The number of pyridine rings is 1. The number of anilines is 3. The summed E-state index contributed by atoms with van der Waals surface area (Å²) in [6.07, 6.45) is -2.41. The maximum Gasteiger partial charge on any atom is 0.416 e. The molecule has 4 heterocycles. The summed E-state index contributed by atoms with van der Waals surface area (Å²) < 4.78 is 46.5. The van der Waals surface area contributed by atoms with E-state index in [-0.39, 0.29) is 72.0 Å². The number of fused-ring (bicyclic) bond motifs is 1. The van der Waals surface area contributed by atoms with Crippen LogP contribution in [0.2, 0.25) is 5.02 Å². The van der Waals surface area contributed by atoms with E-state index in [1.54, 1.807) is 30.2 Å². The van der Waals surface area contributed by atoms with Crippen molar-refractivity contribution in [2.75, 3.05) is 47.8 Å². The maximum absolute atomic E-state index is 14.2. The van der Waals surface area contributed by atoms with Gasteiger partial charge in [-0.15, -0.1) is 0 Å². The summed E-state index contributed by atoms with van der Waals surface area (Å²) in [5.41, 5.74) is -1.29. The number of ether oxygens (including phenoxy) is 1. The highest BCUT2D eigenvalue weighted by Crippen LogP contribution is 2.34. The summed E-state index contributed by atoms with van der Waals surface area (Å²) >= 11 is 6.08. The number of benzene rings is 1. The van der Waals surface area contributed by atoms with Crippen LogP contribution in [0.15, 0.2) is 29.2 Å². The Morgan fingerprint density at radius 1 is 1.06 bits per heavy atom. The highest BCUT2D eigenvalue weighted by Gasteiger charge is 2.32. The van der Waals surface area contributed by atoms with Gasteiger partial charge in [0.05, 0.1) is 22.5 Å². The van der Waals surface area contributed by atoms with Gasteiger partial charge >= 0.3 is 12.3 Å². The molecule has 0 bridgehead atoms. The molecule has 5 rings (SSSR count). The molecule has 1 N–H and O–H groups in total. The molecule has 3 aromatic rings. The first-order valence-electron chi connectivity index (χ1n) is 15.2. The van der Waals surface area contributed by atoms with E-state index in [1.165, 1.54) is 11.1 Å². The molecule has 1 aromatic carbocycles. The Morgan fingerprint density at radius 3 is 2.34 bits per heavy atom. The Kier molecular flexibility index (Phi) is 9.40. The molecule has 0 unspecified atom stereocenters.